The Hall–Kier alpha value is -1.77. The predicted octanol–water partition coefficient (Wildman–Crippen LogP) is 1.67. The molecule has 4 unspecified atom stereocenters. The van der Waals surface area contributed by atoms with Crippen LogP contribution in [0.1, 0.15) is 58.8 Å². The molecular weight excluding hydrogens is 402 g/mol. The highest BCUT2D eigenvalue weighted by Crippen LogP contribution is 2.67. The number of hydrogen-bond acceptors (Lipinski definition) is 7. The number of Topliss-reactive ketones (excluding diaryl/α,β-unsaturated/α-hetero) is 1. The van der Waals surface area contributed by atoms with Crippen LogP contribution in [0.3, 0.4) is 0 Å². The molecule has 0 saturated heterocycles. The van der Waals surface area contributed by atoms with Crippen LogP contribution in [-0.2, 0) is 14.4 Å². The van der Waals surface area contributed by atoms with Crippen molar-refractivity contribution >= 4 is 17.5 Å². The van der Waals surface area contributed by atoms with Crippen molar-refractivity contribution in [2.45, 2.75) is 70.5 Å². The summed E-state index contributed by atoms with van der Waals surface area (Å²) in [6, 6.07) is 0. The van der Waals surface area contributed by atoms with E-state index in [4.69, 9.17) is 9.94 Å². The zero-order chi connectivity index (χ0) is 22.6. The van der Waals surface area contributed by atoms with Crippen LogP contribution in [-0.4, -0.2) is 62.8 Å². The van der Waals surface area contributed by atoms with Crippen LogP contribution in [0.25, 0.3) is 0 Å². The van der Waals surface area contributed by atoms with E-state index in [2.05, 4.69) is 12.1 Å². The third kappa shape index (κ3) is 3.26. The number of carbonyl (C=O) groups excluding carboxylic acids is 1. The number of allylic oxidation sites excluding steroid dienone is 2. The Morgan fingerprint density at radius 3 is 2.65 bits per heavy atom. The van der Waals surface area contributed by atoms with Gasteiger partial charge in [-0.1, -0.05) is 24.6 Å². The van der Waals surface area contributed by atoms with Gasteiger partial charge in [0.05, 0.1) is 11.8 Å². The summed E-state index contributed by atoms with van der Waals surface area (Å²) < 4.78 is 0. The van der Waals surface area contributed by atoms with E-state index in [9.17, 15) is 24.9 Å². The lowest BCUT2D eigenvalue weighted by Crippen LogP contribution is -2.62. The molecule has 0 heterocycles. The van der Waals surface area contributed by atoms with Crippen LogP contribution in [0, 0.1) is 28.6 Å². The number of aliphatic hydroxyl groups excluding tert-OH is 2. The molecule has 0 aromatic heterocycles. The predicted molar refractivity (Wildman–Crippen MR) is 111 cm³/mol. The monoisotopic (exact) mass is 435 g/mol. The first-order valence-electron chi connectivity index (χ1n) is 11.2. The molecule has 8 heteroatoms. The molecule has 4 N–H and O–H groups in total. The van der Waals surface area contributed by atoms with Crippen LogP contribution in [0.5, 0.6) is 0 Å². The minimum absolute atomic E-state index is 0.0265. The van der Waals surface area contributed by atoms with Crippen molar-refractivity contribution in [2.75, 3.05) is 13.2 Å². The molecule has 0 radical (unpaired) electrons. The molecule has 31 heavy (non-hydrogen) atoms. The number of aliphatic carboxylic acids is 1. The standard InChI is InChI=1S/C23H33NO7/c1-21-7-5-14(24-31-12-19(28)29)9-13(21)3-4-15-16-6-8-23(30,18(27)11-25)22(16,2)10-17(26)20(15)21/h9,15-17,20,25-26,30H,3-8,10-12H2,1-2H3,(H,28,29)/b24-14-/t15?,16?,17?,20?,21-,22-,23-/m0/s1. The maximum Gasteiger partial charge on any atom is 0.344 e. The summed E-state index contributed by atoms with van der Waals surface area (Å²) in [5, 5.41) is 44.8. The molecule has 0 bridgehead atoms. The highest BCUT2D eigenvalue weighted by Gasteiger charge is 2.68. The Labute approximate surface area is 182 Å². The van der Waals surface area contributed by atoms with E-state index in [0.29, 0.717) is 19.3 Å². The fraction of sp³-hybridized carbons (Fsp3) is 0.783. The third-order valence-corrected chi connectivity index (χ3v) is 9.04. The van der Waals surface area contributed by atoms with Crippen LogP contribution in [0.2, 0.25) is 0 Å². The number of oxime groups is 1. The minimum Gasteiger partial charge on any atom is -0.479 e. The van der Waals surface area contributed by atoms with Gasteiger partial charge in [-0.25, -0.2) is 4.79 Å². The second-order valence-corrected chi connectivity index (χ2v) is 10.3. The topological polar surface area (TPSA) is 137 Å². The van der Waals surface area contributed by atoms with Crippen molar-refractivity contribution < 1.29 is 34.9 Å². The first kappa shape index (κ1) is 22.4. The summed E-state index contributed by atoms with van der Waals surface area (Å²) in [7, 11) is 0. The normalized spacial score (nSPS) is 45.3. The van der Waals surface area contributed by atoms with Crippen LogP contribution in [0.15, 0.2) is 16.8 Å². The Bertz CT molecular complexity index is 838. The molecule has 172 valence electrons. The number of nitrogens with zero attached hydrogens (tertiary/aromatic N) is 1. The lowest BCUT2D eigenvalue weighted by molar-refractivity contribution is -0.181. The van der Waals surface area contributed by atoms with Crippen LogP contribution >= 0.6 is 0 Å². The Balaban J connectivity index is 1.62. The number of carbonyl (C=O) groups is 2. The van der Waals surface area contributed by atoms with Gasteiger partial charge in [0.15, 0.2) is 5.78 Å². The van der Waals surface area contributed by atoms with Crippen molar-refractivity contribution in [3.8, 4) is 0 Å². The summed E-state index contributed by atoms with van der Waals surface area (Å²) in [5.74, 6) is -1.26. The summed E-state index contributed by atoms with van der Waals surface area (Å²) in [6.07, 6.45) is 5.86. The summed E-state index contributed by atoms with van der Waals surface area (Å²) in [5.41, 5.74) is -0.594. The summed E-state index contributed by atoms with van der Waals surface area (Å²) in [6.45, 7) is 2.95. The Morgan fingerprint density at radius 1 is 1.23 bits per heavy atom. The maximum absolute atomic E-state index is 12.5. The smallest absolute Gasteiger partial charge is 0.344 e. The molecule has 8 nitrogen and oxygen atoms in total. The molecule has 0 aliphatic heterocycles. The minimum atomic E-state index is -1.58. The molecule has 4 rings (SSSR count). The van der Waals surface area contributed by atoms with Gasteiger partial charge in [-0.2, -0.15) is 0 Å². The number of fused-ring (bicyclic) bond motifs is 5. The van der Waals surface area contributed by atoms with Gasteiger partial charge in [0, 0.05) is 5.41 Å². The van der Waals surface area contributed by atoms with Gasteiger partial charge in [-0.3, -0.25) is 4.79 Å². The van der Waals surface area contributed by atoms with E-state index in [-0.39, 0.29) is 23.2 Å². The number of hydrogen-bond donors (Lipinski definition) is 4. The van der Waals surface area contributed by atoms with E-state index in [1.165, 1.54) is 5.57 Å². The molecule has 0 amide bonds. The van der Waals surface area contributed by atoms with Gasteiger partial charge >= 0.3 is 5.97 Å². The van der Waals surface area contributed by atoms with Gasteiger partial charge in [0.1, 0.15) is 12.2 Å². The average molecular weight is 436 g/mol. The number of aliphatic hydroxyl groups is 3. The fourth-order valence-corrected chi connectivity index (χ4v) is 7.54. The quantitative estimate of drug-likeness (QED) is 0.482. The van der Waals surface area contributed by atoms with E-state index in [0.717, 1.165) is 31.4 Å². The lowest BCUT2D eigenvalue weighted by Gasteiger charge is -2.60. The third-order valence-electron chi connectivity index (χ3n) is 9.04. The first-order chi connectivity index (χ1) is 14.6. The maximum atomic E-state index is 12.5. The van der Waals surface area contributed by atoms with Crippen molar-refractivity contribution in [1.82, 2.24) is 0 Å². The number of rotatable bonds is 5. The van der Waals surface area contributed by atoms with Gasteiger partial charge in [-0.05, 0) is 74.2 Å². The second kappa shape index (κ2) is 7.67. The molecule has 4 aliphatic rings. The SMILES string of the molecule is C[C@]12CC/C(=N/OCC(=O)O)C=C1CCC1C2C(O)C[C@@]2(C)C1CC[C@]2(O)C(=O)CO. The van der Waals surface area contributed by atoms with Crippen molar-refractivity contribution in [3.05, 3.63) is 11.6 Å². The van der Waals surface area contributed by atoms with Crippen molar-refractivity contribution in [3.63, 3.8) is 0 Å². The Morgan fingerprint density at radius 2 is 1.97 bits per heavy atom. The summed E-state index contributed by atoms with van der Waals surface area (Å²) in [4.78, 5) is 28.0. The molecule has 3 fully saturated rings. The van der Waals surface area contributed by atoms with Gasteiger partial charge in [-0.15, -0.1) is 0 Å². The van der Waals surface area contributed by atoms with Crippen LogP contribution < -0.4 is 0 Å². The first-order valence-corrected chi connectivity index (χ1v) is 11.2. The summed E-state index contributed by atoms with van der Waals surface area (Å²) >= 11 is 0. The molecular formula is C23H33NO7. The van der Waals surface area contributed by atoms with E-state index in [1.807, 2.05) is 13.0 Å². The van der Waals surface area contributed by atoms with Gasteiger partial charge < -0.3 is 25.3 Å². The number of ketones is 1. The van der Waals surface area contributed by atoms with Gasteiger partial charge in [0.25, 0.3) is 0 Å². The zero-order valence-corrected chi connectivity index (χ0v) is 18.2. The van der Waals surface area contributed by atoms with Gasteiger partial charge in [0.2, 0.25) is 6.61 Å². The highest BCUT2D eigenvalue weighted by molar-refractivity contribution is 5.96. The molecule has 0 aromatic rings. The molecule has 0 spiro atoms. The van der Waals surface area contributed by atoms with Crippen molar-refractivity contribution in [1.29, 1.82) is 0 Å². The molecule has 7 atom stereocenters. The molecule has 0 aromatic carbocycles. The lowest BCUT2D eigenvalue weighted by atomic mass is 9.45. The zero-order valence-electron chi connectivity index (χ0n) is 18.2. The van der Waals surface area contributed by atoms with Crippen molar-refractivity contribution in [2.24, 2.45) is 33.7 Å². The Kier molecular flexibility index (Phi) is 5.55. The average Bonchev–Trinajstić information content (AvgIpc) is 2.98. The number of carboxylic acids is 1. The van der Waals surface area contributed by atoms with E-state index >= 15 is 0 Å². The van der Waals surface area contributed by atoms with Crippen LogP contribution in [0.4, 0.5) is 0 Å². The molecule has 3 saturated carbocycles. The fourth-order valence-electron chi connectivity index (χ4n) is 7.54. The molecule has 4 aliphatic carbocycles. The number of carboxylic acid groups (broad SMARTS) is 1. The van der Waals surface area contributed by atoms with E-state index < -0.39 is 42.1 Å². The van der Waals surface area contributed by atoms with E-state index in [1.54, 1.807) is 0 Å². The highest BCUT2D eigenvalue weighted by atomic mass is 16.6. The largest absolute Gasteiger partial charge is 0.479 e. The second-order valence-electron chi connectivity index (χ2n) is 10.3.